The Balaban J connectivity index is 2.02. The largest absolute Gasteiger partial charge is 0.372 e. The third-order valence-corrected chi connectivity index (χ3v) is 4.16. The second-order valence-electron chi connectivity index (χ2n) is 5.85. The van der Waals surface area contributed by atoms with Gasteiger partial charge in [0.15, 0.2) is 0 Å². The van der Waals surface area contributed by atoms with Gasteiger partial charge in [-0.05, 0) is 31.7 Å². The number of likely N-dealkylation sites (N-methyl/N-ethyl adjacent to an activating group) is 1. The van der Waals surface area contributed by atoms with Crippen molar-refractivity contribution in [3.8, 4) is 0 Å². The first-order valence-electron chi connectivity index (χ1n) is 8.12. The SMILES string of the molecule is CCOCC(=O)NCC(c1ccc(F)cc1)N1CCN(C)CC1. The molecule has 0 spiro atoms. The van der Waals surface area contributed by atoms with Crippen LogP contribution in [-0.4, -0.2) is 68.7 Å². The molecular formula is C17H26FN3O2. The Morgan fingerprint density at radius 2 is 1.91 bits per heavy atom. The highest BCUT2D eigenvalue weighted by Gasteiger charge is 2.24. The van der Waals surface area contributed by atoms with Crippen LogP contribution in [-0.2, 0) is 9.53 Å². The molecule has 128 valence electrons. The van der Waals surface area contributed by atoms with Crippen LogP contribution in [0.5, 0.6) is 0 Å². The maximum Gasteiger partial charge on any atom is 0.246 e. The summed E-state index contributed by atoms with van der Waals surface area (Å²) >= 11 is 0. The van der Waals surface area contributed by atoms with Crippen molar-refractivity contribution in [3.05, 3.63) is 35.6 Å². The molecule has 1 saturated heterocycles. The lowest BCUT2D eigenvalue weighted by Gasteiger charge is -2.38. The van der Waals surface area contributed by atoms with Gasteiger partial charge in [-0.1, -0.05) is 12.1 Å². The molecule has 1 unspecified atom stereocenters. The number of rotatable bonds is 7. The van der Waals surface area contributed by atoms with Crippen LogP contribution in [0.2, 0.25) is 0 Å². The molecule has 1 aromatic rings. The minimum absolute atomic E-state index is 0.0508. The zero-order chi connectivity index (χ0) is 16.7. The number of halogens is 1. The first-order chi connectivity index (χ1) is 11.1. The van der Waals surface area contributed by atoms with E-state index in [1.165, 1.54) is 12.1 Å². The first kappa shape index (κ1) is 17.8. The molecule has 1 aromatic carbocycles. The Bertz CT molecular complexity index is 487. The minimum atomic E-state index is -0.244. The molecule has 6 heteroatoms. The van der Waals surface area contributed by atoms with E-state index in [0.29, 0.717) is 13.2 Å². The van der Waals surface area contributed by atoms with Gasteiger partial charge in [-0.2, -0.15) is 0 Å². The van der Waals surface area contributed by atoms with E-state index < -0.39 is 0 Å². The maximum atomic E-state index is 13.2. The van der Waals surface area contributed by atoms with Crippen molar-refractivity contribution in [1.29, 1.82) is 0 Å². The van der Waals surface area contributed by atoms with Crippen LogP contribution in [0, 0.1) is 5.82 Å². The summed E-state index contributed by atoms with van der Waals surface area (Å²) in [6.07, 6.45) is 0. The standard InChI is InChI=1S/C17H26FN3O2/c1-3-23-13-17(22)19-12-16(14-4-6-15(18)7-5-14)21-10-8-20(2)9-11-21/h4-7,16H,3,8-13H2,1-2H3,(H,19,22). The van der Waals surface area contributed by atoms with Gasteiger partial charge >= 0.3 is 0 Å². The number of amides is 1. The lowest BCUT2D eigenvalue weighted by atomic mass is 10.0. The average molecular weight is 323 g/mol. The molecule has 1 N–H and O–H groups in total. The summed E-state index contributed by atoms with van der Waals surface area (Å²) in [4.78, 5) is 16.4. The van der Waals surface area contributed by atoms with Gasteiger partial charge in [0.25, 0.3) is 0 Å². The molecule has 1 atom stereocenters. The number of nitrogens with one attached hydrogen (secondary N) is 1. The molecule has 0 aliphatic carbocycles. The predicted molar refractivity (Wildman–Crippen MR) is 87.7 cm³/mol. The van der Waals surface area contributed by atoms with Crippen LogP contribution in [0.25, 0.3) is 0 Å². The third-order valence-electron chi connectivity index (χ3n) is 4.16. The molecule has 1 amide bonds. The molecule has 23 heavy (non-hydrogen) atoms. The van der Waals surface area contributed by atoms with Crippen molar-refractivity contribution in [2.75, 3.05) is 53.0 Å². The van der Waals surface area contributed by atoms with Crippen molar-refractivity contribution in [3.63, 3.8) is 0 Å². The van der Waals surface area contributed by atoms with Crippen LogP contribution in [0.4, 0.5) is 4.39 Å². The van der Waals surface area contributed by atoms with Gasteiger partial charge < -0.3 is 15.0 Å². The van der Waals surface area contributed by atoms with Crippen molar-refractivity contribution >= 4 is 5.91 Å². The third kappa shape index (κ3) is 5.57. The number of carbonyl (C=O) groups excluding carboxylic acids is 1. The number of carbonyl (C=O) groups is 1. The minimum Gasteiger partial charge on any atom is -0.372 e. The molecule has 0 saturated carbocycles. The van der Waals surface area contributed by atoms with Crippen LogP contribution >= 0.6 is 0 Å². The van der Waals surface area contributed by atoms with Gasteiger partial charge in [0.2, 0.25) is 5.91 Å². The molecule has 1 fully saturated rings. The van der Waals surface area contributed by atoms with Crippen molar-refractivity contribution in [2.45, 2.75) is 13.0 Å². The van der Waals surface area contributed by atoms with E-state index in [1.54, 1.807) is 12.1 Å². The first-order valence-corrected chi connectivity index (χ1v) is 8.12. The Labute approximate surface area is 137 Å². The fraction of sp³-hybridized carbons (Fsp3) is 0.588. The van der Waals surface area contributed by atoms with E-state index in [9.17, 15) is 9.18 Å². The molecule has 0 aromatic heterocycles. The molecule has 1 aliphatic rings. The zero-order valence-corrected chi connectivity index (χ0v) is 13.9. The van der Waals surface area contributed by atoms with E-state index in [2.05, 4.69) is 22.2 Å². The monoisotopic (exact) mass is 323 g/mol. The van der Waals surface area contributed by atoms with E-state index >= 15 is 0 Å². The number of ether oxygens (including phenoxy) is 1. The summed E-state index contributed by atoms with van der Waals surface area (Å²) in [7, 11) is 2.11. The highest BCUT2D eigenvalue weighted by atomic mass is 19.1. The summed E-state index contributed by atoms with van der Waals surface area (Å²) in [6, 6.07) is 6.59. The van der Waals surface area contributed by atoms with E-state index in [0.717, 1.165) is 31.7 Å². The van der Waals surface area contributed by atoms with Gasteiger partial charge in [0.1, 0.15) is 12.4 Å². The smallest absolute Gasteiger partial charge is 0.246 e. The van der Waals surface area contributed by atoms with Crippen molar-refractivity contribution in [2.24, 2.45) is 0 Å². The molecule has 0 bridgehead atoms. The topological polar surface area (TPSA) is 44.8 Å². The number of hydrogen-bond acceptors (Lipinski definition) is 4. The average Bonchev–Trinajstić information content (AvgIpc) is 2.56. The molecule has 1 heterocycles. The summed E-state index contributed by atoms with van der Waals surface area (Å²) in [5, 5.41) is 2.93. The molecule has 0 radical (unpaired) electrons. The number of piperazine rings is 1. The molecular weight excluding hydrogens is 297 g/mol. The lowest BCUT2D eigenvalue weighted by Crippen LogP contribution is -2.48. The summed E-state index contributed by atoms with van der Waals surface area (Å²) in [6.45, 7) is 6.80. The molecule has 1 aliphatic heterocycles. The van der Waals surface area contributed by atoms with E-state index in [1.807, 2.05) is 6.92 Å². The predicted octanol–water partition coefficient (Wildman–Crippen LogP) is 1.27. The van der Waals surface area contributed by atoms with Gasteiger partial charge in [0.05, 0.1) is 6.04 Å². The van der Waals surface area contributed by atoms with Crippen LogP contribution < -0.4 is 5.32 Å². The fourth-order valence-electron chi connectivity index (χ4n) is 2.73. The highest BCUT2D eigenvalue weighted by molar-refractivity contribution is 5.77. The Kier molecular flexibility index (Phi) is 6.95. The van der Waals surface area contributed by atoms with E-state index in [-0.39, 0.29) is 24.4 Å². The number of nitrogens with zero attached hydrogens (tertiary/aromatic N) is 2. The van der Waals surface area contributed by atoms with Gasteiger partial charge in [-0.3, -0.25) is 9.69 Å². The summed E-state index contributed by atoms with van der Waals surface area (Å²) in [5.74, 6) is -0.362. The second-order valence-corrected chi connectivity index (χ2v) is 5.85. The number of benzene rings is 1. The van der Waals surface area contributed by atoms with Crippen LogP contribution in [0.3, 0.4) is 0 Å². The molecule has 2 rings (SSSR count). The maximum absolute atomic E-state index is 13.2. The van der Waals surface area contributed by atoms with Crippen molar-refractivity contribution in [1.82, 2.24) is 15.1 Å². The normalized spacial score (nSPS) is 17.9. The van der Waals surface area contributed by atoms with Crippen LogP contribution in [0.1, 0.15) is 18.5 Å². The second kappa shape index (κ2) is 8.96. The fourth-order valence-corrected chi connectivity index (χ4v) is 2.73. The summed E-state index contributed by atoms with van der Waals surface area (Å²) < 4.78 is 18.3. The Morgan fingerprint density at radius 1 is 1.26 bits per heavy atom. The Hall–Kier alpha value is -1.50. The van der Waals surface area contributed by atoms with E-state index in [4.69, 9.17) is 4.74 Å². The molecule has 5 nitrogen and oxygen atoms in total. The lowest BCUT2D eigenvalue weighted by molar-refractivity contribution is -0.125. The van der Waals surface area contributed by atoms with Gasteiger partial charge in [-0.25, -0.2) is 4.39 Å². The van der Waals surface area contributed by atoms with Gasteiger partial charge in [0, 0.05) is 39.3 Å². The number of hydrogen-bond donors (Lipinski definition) is 1. The van der Waals surface area contributed by atoms with Gasteiger partial charge in [-0.15, -0.1) is 0 Å². The highest BCUT2D eigenvalue weighted by Crippen LogP contribution is 2.22. The zero-order valence-electron chi connectivity index (χ0n) is 13.9. The summed E-state index contributed by atoms with van der Waals surface area (Å²) in [5.41, 5.74) is 1.02. The van der Waals surface area contributed by atoms with Crippen molar-refractivity contribution < 1.29 is 13.9 Å². The Morgan fingerprint density at radius 3 is 2.52 bits per heavy atom. The van der Waals surface area contributed by atoms with Crippen LogP contribution in [0.15, 0.2) is 24.3 Å². The quantitative estimate of drug-likeness (QED) is 0.821.